The van der Waals surface area contributed by atoms with Crippen LogP contribution in [0.15, 0.2) is 0 Å². The van der Waals surface area contributed by atoms with Crippen LogP contribution < -0.4 is 0 Å². The van der Waals surface area contributed by atoms with Crippen LogP contribution in [-0.4, -0.2) is 5.71 Å². The van der Waals surface area contributed by atoms with E-state index >= 15 is 0 Å². The van der Waals surface area contributed by atoms with Crippen molar-refractivity contribution in [3.8, 4) is 6.07 Å². The van der Waals surface area contributed by atoms with E-state index in [1.807, 2.05) is 0 Å². The number of nitrogens with zero attached hydrogens (tertiary/aromatic N) is 1. The highest BCUT2D eigenvalue weighted by Gasteiger charge is 2.21. The molecule has 15 heavy (non-hydrogen) atoms. The average molecular weight is 206 g/mol. The molecule has 1 aliphatic carbocycles. The summed E-state index contributed by atoms with van der Waals surface area (Å²) in [6, 6.07) is 2.24. The summed E-state index contributed by atoms with van der Waals surface area (Å²) in [7, 11) is 0. The SMILES string of the molecule is CCCC(CC#N)CC(=N)CCC1CC1. The molecule has 0 heterocycles. The summed E-state index contributed by atoms with van der Waals surface area (Å²) in [4.78, 5) is 0. The lowest BCUT2D eigenvalue weighted by Gasteiger charge is -2.12. The Morgan fingerprint density at radius 1 is 1.53 bits per heavy atom. The van der Waals surface area contributed by atoms with Gasteiger partial charge in [0.15, 0.2) is 0 Å². The number of nitriles is 1. The Hall–Kier alpha value is -0.840. The normalized spacial score (nSPS) is 17.1. The Kier molecular flexibility index (Phi) is 5.39. The minimum atomic E-state index is 0.437. The van der Waals surface area contributed by atoms with Crippen molar-refractivity contribution in [2.45, 2.75) is 58.3 Å². The molecular formula is C13H22N2. The molecule has 0 amide bonds. The van der Waals surface area contributed by atoms with Crippen molar-refractivity contribution >= 4 is 5.71 Å². The molecule has 1 rings (SSSR count). The van der Waals surface area contributed by atoms with E-state index in [4.69, 9.17) is 10.7 Å². The first-order chi connectivity index (χ1) is 7.26. The van der Waals surface area contributed by atoms with E-state index < -0.39 is 0 Å². The Balaban J connectivity index is 2.16. The first kappa shape index (κ1) is 12.2. The predicted octanol–water partition coefficient (Wildman–Crippen LogP) is 3.92. The quantitative estimate of drug-likeness (QED) is 0.601. The zero-order valence-corrected chi connectivity index (χ0v) is 9.76. The van der Waals surface area contributed by atoms with Gasteiger partial charge in [0.2, 0.25) is 0 Å². The van der Waals surface area contributed by atoms with Gasteiger partial charge in [0.25, 0.3) is 0 Å². The summed E-state index contributed by atoms with van der Waals surface area (Å²) in [6.45, 7) is 2.15. The lowest BCUT2D eigenvalue weighted by Crippen LogP contribution is -2.07. The molecule has 1 saturated carbocycles. The Morgan fingerprint density at radius 3 is 2.80 bits per heavy atom. The molecule has 0 aromatic rings. The van der Waals surface area contributed by atoms with Crippen molar-refractivity contribution in [3.63, 3.8) is 0 Å². The molecular weight excluding hydrogens is 184 g/mol. The van der Waals surface area contributed by atoms with E-state index in [2.05, 4.69) is 13.0 Å². The molecule has 0 bridgehead atoms. The minimum absolute atomic E-state index is 0.437. The maximum atomic E-state index is 8.68. The maximum Gasteiger partial charge on any atom is 0.0624 e. The fraction of sp³-hybridized carbons (Fsp3) is 0.846. The van der Waals surface area contributed by atoms with Gasteiger partial charge in [-0.25, -0.2) is 0 Å². The van der Waals surface area contributed by atoms with Crippen LogP contribution in [0, 0.1) is 28.6 Å². The molecule has 0 aliphatic heterocycles. The van der Waals surface area contributed by atoms with Gasteiger partial charge in [-0.05, 0) is 37.5 Å². The zero-order valence-electron chi connectivity index (χ0n) is 9.76. The van der Waals surface area contributed by atoms with Crippen molar-refractivity contribution in [1.82, 2.24) is 0 Å². The predicted molar refractivity (Wildman–Crippen MR) is 62.9 cm³/mol. The summed E-state index contributed by atoms with van der Waals surface area (Å²) >= 11 is 0. The van der Waals surface area contributed by atoms with Crippen LogP contribution in [0.1, 0.15) is 58.3 Å². The van der Waals surface area contributed by atoms with Gasteiger partial charge in [-0.3, -0.25) is 0 Å². The highest BCUT2D eigenvalue weighted by molar-refractivity contribution is 5.81. The molecule has 0 saturated heterocycles. The Morgan fingerprint density at radius 2 is 2.27 bits per heavy atom. The topological polar surface area (TPSA) is 47.6 Å². The number of rotatable bonds is 8. The van der Waals surface area contributed by atoms with Gasteiger partial charge in [-0.15, -0.1) is 0 Å². The molecule has 1 aliphatic rings. The van der Waals surface area contributed by atoms with Gasteiger partial charge in [0, 0.05) is 12.1 Å². The van der Waals surface area contributed by atoms with Crippen LogP contribution in [0.5, 0.6) is 0 Å². The summed E-state index contributed by atoms with van der Waals surface area (Å²) in [6.07, 6.45) is 8.64. The van der Waals surface area contributed by atoms with Crippen molar-refractivity contribution in [3.05, 3.63) is 0 Å². The fourth-order valence-corrected chi connectivity index (χ4v) is 2.05. The Bertz CT molecular complexity index is 235. The third-order valence-corrected chi connectivity index (χ3v) is 3.16. The molecule has 1 unspecified atom stereocenters. The van der Waals surface area contributed by atoms with Crippen LogP contribution in [0.4, 0.5) is 0 Å². The van der Waals surface area contributed by atoms with Gasteiger partial charge in [0.05, 0.1) is 6.07 Å². The largest absolute Gasteiger partial charge is 0.310 e. The summed E-state index contributed by atoms with van der Waals surface area (Å²) in [5, 5.41) is 16.6. The molecule has 1 fully saturated rings. The number of hydrogen-bond acceptors (Lipinski definition) is 2. The number of nitrogens with one attached hydrogen (secondary N) is 1. The second-order valence-electron chi connectivity index (χ2n) is 4.81. The standard InChI is InChI=1S/C13H22N2/c1-2-3-12(8-9-14)10-13(15)7-6-11-4-5-11/h11-12,15H,2-8,10H2,1H3. The molecule has 0 aromatic carbocycles. The van der Waals surface area contributed by atoms with Crippen LogP contribution >= 0.6 is 0 Å². The second-order valence-corrected chi connectivity index (χ2v) is 4.81. The van der Waals surface area contributed by atoms with Crippen molar-refractivity contribution in [2.75, 3.05) is 0 Å². The molecule has 2 heteroatoms. The van der Waals surface area contributed by atoms with Gasteiger partial charge in [-0.2, -0.15) is 5.26 Å². The number of hydrogen-bond donors (Lipinski definition) is 1. The van der Waals surface area contributed by atoms with E-state index in [9.17, 15) is 0 Å². The molecule has 0 spiro atoms. The molecule has 2 nitrogen and oxygen atoms in total. The zero-order chi connectivity index (χ0) is 11.1. The summed E-state index contributed by atoms with van der Waals surface area (Å²) in [5.74, 6) is 1.36. The van der Waals surface area contributed by atoms with Crippen LogP contribution in [-0.2, 0) is 0 Å². The first-order valence-electron chi connectivity index (χ1n) is 6.19. The van der Waals surface area contributed by atoms with E-state index in [1.54, 1.807) is 0 Å². The summed E-state index contributed by atoms with van der Waals surface area (Å²) in [5.41, 5.74) is 0.871. The molecule has 0 radical (unpaired) electrons. The van der Waals surface area contributed by atoms with Gasteiger partial charge < -0.3 is 5.41 Å². The average Bonchev–Trinajstić information content (AvgIpc) is 2.99. The van der Waals surface area contributed by atoms with Gasteiger partial charge >= 0.3 is 0 Å². The summed E-state index contributed by atoms with van der Waals surface area (Å²) < 4.78 is 0. The molecule has 1 atom stereocenters. The molecule has 0 aromatic heterocycles. The monoisotopic (exact) mass is 206 g/mol. The van der Waals surface area contributed by atoms with Crippen molar-refractivity contribution < 1.29 is 0 Å². The van der Waals surface area contributed by atoms with E-state index in [0.29, 0.717) is 12.3 Å². The highest BCUT2D eigenvalue weighted by Crippen LogP contribution is 2.34. The van der Waals surface area contributed by atoms with E-state index in [1.165, 1.54) is 19.3 Å². The molecule has 84 valence electrons. The van der Waals surface area contributed by atoms with Crippen LogP contribution in [0.3, 0.4) is 0 Å². The smallest absolute Gasteiger partial charge is 0.0624 e. The highest BCUT2D eigenvalue weighted by atomic mass is 14.4. The van der Waals surface area contributed by atoms with Gasteiger partial charge in [0.1, 0.15) is 0 Å². The lowest BCUT2D eigenvalue weighted by molar-refractivity contribution is 0.502. The van der Waals surface area contributed by atoms with Gasteiger partial charge in [-0.1, -0.05) is 26.2 Å². The van der Waals surface area contributed by atoms with E-state index in [0.717, 1.165) is 37.3 Å². The minimum Gasteiger partial charge on any atom is -0.310 e. The van der Waals surface area contributed by atoms with E-state index in [-0.39, 0.29) is 0 Å². The third kappa shape index (κ3) is 5.57. The van der Waals surface area contributed by atoms with Crippen molar-refractivity contribution in [1.29, 1.82) is 10.7 Å². The fourth-order valence-electron chi connectivity index (χ4n) is 2.05. The maximum absolute atomic E-state index is 8.68. The first-order valence-corrected chi connectivity index (χ1v) is 6.19. The third-order valence-electron chi connectivity index (χ3n) is 3.16. The Labute approximate surface area is 93.2 Å². The molecule has 1 N–H and O–H groups in total. The second kappa shape index (κ2) is 6.61. The van der Waals surface area contributed by atoms with Crippen LogP contribution in [0.25, 0.3) is 0 Å². The van der Waals surface area contributed by atoms with Crippen LogP contribution in [0.2, 0.25) is 0 Å². The lowest BCUT2D eigenvalue weighted by atomic mass is 9.92. The van der Waals surface area contributed by atoms with Crippen molar-refractivity contribution in [2.24, 2.45) is 11.8 Å².